The van der Waals surface area contributed by atoms with E-state index in [-0.39, 0.29) is 17.9 Å². The molecule has 1 aromatic carbocycles. The average Bonchev–Trinajstić information content (AvgIpc) is 3.20. The summed E-state index contributed by atoms with van der Waals surface area (Å²) in [6.45, 7) is 1.37. The van der Waals surface area contributed by atoms with Gasteiger partial charge in [-0.15, -0.1) is 11.3 Å². The van der Waals surface area contributed by atoms with Crippen molar-refractivity contribution >= 4 is 39.9 Å². The van der Waals surface area contributed by atoms with Gasteiger partial charge in [-0.3, -0.25) is 4.79 Å². The minimum absolute atomic E-state index is 0.0310. The van der Waals surface area contributed by atoms with Gasteiger partial charge in [0.05, 0.1) is 17.7 Å². The van der Waals surface area contributed by atoms with E-state index in [4.69, 9.17) is 15.2 Å². The predicted octanol–water partition coefficient (Wildman–Crippen LogP) is 2.93. The number of nitrogens with two attached hydrogens (primary N) is 1. The third-order valence-corrected chi connectivity index (χ3v) is 5.43. The maximum atomic E-state index is 13.1. The molecule has 0 saturated carbocycles. The van der Waals surface area contributed by atoms with E-state index < -0.39 is 30.3 Å². The summed E-state index contributed by atoms with van der Waals surface area (Å²) in [5, 5.41) is 3.01. The van der Waals surface area contributed by atoms with Crippen molar-refractivity contribution < 1.29 is 28.2 Å². The van der Waals surface area contributed by atoms with Crippen LogP contribution in [0.25, 0.3) is 0 Å². The van der Waals surface area contributed by atoms with E-state index in [9.17, 15) is 18.8 Å². The normalized spacial score (nSPS) is 12.4. The van der Waals surface area contributed by atoms with Crippen molar-refractivity contribution in [3.8, 4) is 0 Å². The first-order chi connectivity index (χ1) is 13.4. The molecule has 0 fully saturated rings. The molecule has 0 radical (unpaired) electrons. The first-order valence-electron chi connectivity index (χ1n) is 8.74. The summed E-state index contributed by atoms with van der Waals surface area (Å²) in [7, 11) is 0. The Labute approximate surface area is 164 Å². The molecule has 0 spiro atoms. The van der Waals surface area contributed by atoms with E-state index in [1.807, 2.05) is 0 Å². The average molecular weight is 406 g/mol. The first kappa shape index (κ1) is 19.8. The fourth-order valence-corrected chi connectivity index (χ4v) is 4.30. The smallest absolute Gasteiger partial charge is 0.341 e. The van der Waals surface area contributed by atoms with Crippen LogP contribution in [-0.4, -0.2) is 31.1 Å². The number of hydrogen-bond donors (Lipinski definition) is 2. The molecule has 2 aromatic rings. The summed E-state index contributed by atoms with van der Waals surface area (Å²) in [5.41, 5.74) is 6.76. The van der Waals surface area contributed by atoms with Crippen molar-refractivity contribution in [1.29, 1.82) is 0 Å². The molecule has 0 unspecified atom stereocenters. The van der Waals surface area contributed by atoms with Gasteiger partial charge in [-0.05, 0) is 49.9 Å². The number of benzene rings is 1. The lowest BCUT2D eigenvalue weighted by atomic mass is 10.1. The fourth-order valence-electron chi connectivity index (χ4n) is 3.00. The Balaban J connectivity index is 1.67. The number of nitrogen functional groups attached to an aromatic ring is 1. The molecule has 0 saturated heterocycles. The summed E-state index contributed by atoms with van der Waals surface area (Å²) in [5.74, 6) is -2.50. The molecule has 1 aromatic heterocycles. The Morgan fingerprint density at radius 1 is 1.21 bits per heavy atom. The monoisotopic (exact) mass is 406 g/mol. The highest BCUT2D eigenvalue weighted by atomic mass is 32.1. The Kier molecular flexibility index (Phi) is 5.93. The number of esters is 2. The number of fused-ring (bicyclic) bond motifs is 1. The molecular weight excluding hydrogens is 387 g/mol. The second-order valence-electron chi connectivity index (χ2n) is 6.14. The molecule has 1 heterocycles. The molecule has 0 bridgehead atoms. The van der Waals surface area contributed by atoms with Crippen molar-refractivity contribution in [1.82, 2.24) is 0 Å². The fraction of sp³-hybridized carbons (Fsp3) is 0.316. The largest absolute Gasteiger partial charge is 0.462 e. The maximum absolute atomic E-state index is 13.1. The summed E-state index contributed by atoms with van der Waals surface area (Å²) < 4.78 is 23.1. The molecule has 7 nitrogen and oxygen atoms in total. The number of carbonyl (C=O) groups excluding carboxylic acids is 3. The number of halogens is 1. The van der Waals surface area contributed by atoms with Gasteiger partial charge in [-0.2, -0.15) is 0 Å². The number of nitrogens with one attached hydrogen (secondary N) is 1. The van der Waals surface area contributed by atoms with E-state index in [2.05, 4.69) is 5.32 Å². The Hall–Kier alpha value is -2.94. The second-order valence-corrected chi connectivity index (χ2v) is 7.24. The van der Waals surface area contributed by atoms with Crippen molar-refractivity contribution in [2.45, 2.75) is 26.2 Å². The van der Waals surface area contributed by atoms with Crippen LogP contribution in [0.1, 0.15) is 44.5 Å². The summed E-state index contributed by atoms with van der Waals surface area (Å²) in [6, 6.07) is 3.26. The molecule has 0 atom stereocenters. The number of carbonyl (C=O) groups is 3. The molecule has 148 valence electrons. The van der Waals surface area contributed by atoms with Crippen molar-refractivity contribution in [3.63, 3.8) is 0 Å². The van der Waals surface area contributed by atoms with E-state index >= 15 is 0 Å². The van der Waals surface area contributed by atoms with Crippen LogP contribution in [0.4, 0.5) is 15.1 Å². The lowest BCUT2D eigenvalue weighted by Crippen LogP contribution is -2.22. The quantitative estimate of drug-likeness (QED) is 0.564. The van der Waals surface area contributed by atoms with Gasteiger partial charge in [0.25, 0.3) is 5.91 Å². The van der Waals surface area contributed by atoms with E-state index in [1.54, 1.807) is 6.92 Å². The molecule has 1 aliphatic rings. The number of anilines is 2. The Morgan fingerprint density at radius 2 is 2.00 bits per heavy atom. The highest BCUT2D eigenvalue weighted by Crippen LogP contribution is 2.39. The molecular formula is C19H19FN2O5S. The van der Waals surface area contributed by atoms with Crippen LogP contribution in [0.2, 0.25) is 0 Å². The number of ether oxygens (including phenoxy) is 2. The maximum Gasteiger partial charge on any atom is 0.341 e. The van der Waals surface area contributed by atoms with Gasteiger partial charge < -0.3 is 20.5 Å². The van der Waals surface area contributed by atoms with Crippen molar-refractivity contribution in [3.05, 3.63) is 45.6 Å². The van der Waals surface area contributed by atoms with Gasteiger partial charge in [0, 0.05) is 10.6 Å². The highest BCUT2D eigenvalue weighted by Gasteiger charge is 2.28. The Bertz CT molecular complexity index is 941. The van der Waals surface area contributed by atoms with Crippen LogP contribution in [0.3, 0.4) is 0 Å². The topological polar surface area (TPSA) is 108 Å². The van der Waals surface area contributed by atoms with Crippen molar-refractivity contribution in [2.24, 2.45) is 0 Å². The zero-order chi connectivity index (χ0) is 20.3. The molecule has 0 aliphatic heterocycles. The third-order valence-electron chi connectivity index (χ3n) is 4.22. The van der Waals surface area contributed by atoms with Crippen LogP contribution in [-0.2, 0) is 27.1 Å². The van der Waals surface area contributed by atoms with Gasteiger partial charge in [-0.1, -0.05) is 0 Å². The molecule has 1 aliphatic carbocycles. The first-order valence-corrected chi connectivity index (χ1v) is 9.56. The lowest BCUT2D eigenvalue weighted by Gasteiger charge is -2.09. The van der Waals surface area contributed by atoms with Crippen LogP contribution >= 0.6 is 11.3 Å². The summed E-state index contributed by atoms with van der Waals surface area (Å²) in [6.07, 6.45) is 2.56. The van der Waals surface area contributed by atoms with Gasteiger partial charge >= 0.3 is 11.9 Å². The van der Waals surface area contributed by atoms with Gasteiger partial charge in [0.15, 0.2) is 6.61 Å². The van der Waals surface area contributed by atoms with Crippen LogP contribution < -0.4 is 11.1 Å². The number of thiophene rings is 1. The van der Waals surface area contributed by atoms with E-state index in [1.165, 1.54) is 17.4 Å². The minimum Gasteiger partial charge on any atom is -0.462 e. The Morgan fingerprint density at radius 3 is 2.71 bits per heavy atom. The third kappa shape index (κ3) is 4.14. The zero-order valence-corrected chi connectivity index (χ0v) is 16.0. The van der Waals surface area contributed by atoms with Gasteiger partial charge in [0.2, 0.25) is 0 Å². The molecule has 1 amide bonds. The standard InChI is InChI=1S/C19H19FN2O5S/c1-2-26-19(25)16-12-4-3-5-14(12)28-17(16)22-15(23)9-27-18(24)11-7-6-10(20)8-13(11)21/h6-8H,2-5,9,21H2,1H3,(H,22,23). The lowest BCUT2D eigenvalue weighted by molar-refractivity contribution is -0.119. The van der Waals surface area contributed by atoms with Gasteiger partial charge in [0.1, 0.15) is 10.8 Å². The second kappa shape index (κ2) is 8.39. The summed E-state index contributed by atoms with van der Waals surface area (Å²) in [4.78, 5) is 37.6. The number of hydrogen-bond acceptors (Lipinski definition) is 7. The molecule has 28 heavy (non-hydrogen) atoms. The van der Waals surface area contributed by atoms with Crippen LogP contribution in [0.15, 0.2) is 18.2 Å². The SMILES string of the molecule is CCOC(=O)c1c(NC(=O)COC(=O)c2ccc(F)cc2N)sc2c1CCC2. The minimum atomic E-state index is -0.841. The highest BCUT2D eigenvalue weighted by molar-refractivity contribution is 7.17. The predicted molar refractivity (Wildman–Crippen MR) is 102 cm³/mol. The van der Waals surface area contributed by atoms with E-state index in [0.717, 1.165) is 41.8 Å². The van der Waals surface area contributed by atoms with Crippen LogP contribution in [0, 0.1) is 5.82 Å². The molecule has 9 heteroatoms. The number of aryl methyl sites for hydroxylation is 1. The van der Waals surface area contributed by atoms with Crippen molar-refractivity contribution in [2.75, 3.05) is 24.3 Å². The molecule has 3 rings (SSSR count). The summed E-state index contributed by atoms with van der Waals surface area (Å²) >= 11 is 1.33. The molecule has 3 N–H and O–H groups in total. The number of amides is 1. The zero-order valence-electron chi connectivity index (χ0n) is 15.2. The van der Waals surface area contributed by atoms with E-state index in [0.29, 0.717) is 10.6 Å². The van der Waals surface area contributed by atoms with Crippen LogP contribution in [0.5, 0.6) is 0 Å². The number of rotatable bonds is 6. The van der Waals surface area contributed by atoms with Gasteiger partial charge in [-0.25, -0.2) is 14.0 Å².